The smallest absolute Gasteiger partial charge is 0.238 e. The molecular formula is C12H18N2OS2. The predicted molar refractivity (Wildman–Crippen MR) is 74.6 cm³/mol. The van der Waals surface area contributed by atoms with Crippen LogP contribution in [0.3, 0.4) is 0 Å². The van der Waals surface area contributed by atoms with E-state index < -0.39 is 0 Å². The highest BCUT2D eigenvalue weighted by molar-refractivity contribution is 7.99. The van der Waals surface area contributed by atoms with Gasteiger partial charge in [-0.15, -0.1) is 11.3 Å². The number of amides is 1. The van der Waals surface area contributed by atoms with E-state index in [-0.39, 0.29) is 18.0 Å². The third kappa shape index (κ3) is 3.47. The fraction of sp³-hybridized carbons (Fsp3) is 0.583. The summed E-state index contributed by atoms with van der Waals surface area (Å²) in [5.41, 5.74) is 0. The average molecular weight is 270 g/mol. The fourth-order valence-electron chi connectivity index (χ4n) is 1.87. The fourth-order valence-corrected chi connectivity index (χ4v) is 3.67. The molecule has 1 saturated heterocycles. The maximum Gasteiger partial charge on any atom is 0.238 e. The van der Waals surface area contributed by atoms with Crippen molar-refractivity contribution in [1.29, 1.82) is 0 Å². The molecule has 2 heterocycles. The number of hydrogen-bond acceptors (Lipinski definition) is 4. The molecule has 1 aliphatic heterocycles. The number of nitrogens with one attached hydrogen (secondary N) is 2. The summed E-state index contributed by atoms with van der Waals surface area (Å²) in [5, 5.41) is 8.45. The third-order valence-electron chi connectivity index (χ3n) is 2.85. The van der Waals surface area contributed by atoms with Crippen molar-refractivity contribution in [3.63, 3.8) is 0 Å². The molecule has 2 N–H and O–H groups in total. The summed E-state index contributed by atoms with van der Waals surface area (Å²) in [5.74, 6) is 2.12. The molecule has 1 aromatic rings. The summed E-state index contributed by atoms with van der Waals surface area (Å²) in [6.45, 7) is 3.03. The van der Waals surface area contributed by atoms with Gasteiger partial charge in [-0.25, -0.2) is 0 Å². The van der Waals surface area contributed by atoms with Gasteiger partial charge in [-0.2, -0.15) is 11.8 Å². The molecule has 1 fully saturated rings. The van der Waals surface area contributed by atoms with Gasteiger partial charge in [-0.05, 0) is 17.9 Å². The summed E-state index contributed by atoms with van der Waals surface area (Å²) in [7, 11) is 0. The molecule has 1 aromatic heterocycles. The molecular weight excluding hydrogens is 252 g/mol. The van der Waals surface area contributed by atoms with E-state index >= 15 is 0 Å². The zero-order chi connectivity index (χ0) is 12.1. The number of carbonyl (C=O) groups excluding carboxylic acids is 1. The van der Waals surface area contributed by atoms with Crippen LogP contribution in [0.15, 0.2) is 17.5 Å². The molecule has 5 heteroatoms. The van der Waals surface area contributed by atoms with Crippen LogP contribution in [-0.2, 0) is 4.79 Å². The first kappa shape index (κ1) is 12.9. The lowest BCUT2D eigenvalue weighted by Crippen LogP contribution is -2.49. The van der Waals surface area contributed by atoms with E-state index in [9.17, 15) is 4.79 Å². The van der Waals surface area contributed by atoms with Gasteiger partial charge in [-0.1, -0.05) is 13.0 Å². The SMILES string of the molecule is CCC(NC(=O)C1CSCCN1)c1cccs1. The Morgan fingerprint density at radius 1 is 1.71 bits per heavy atom. The van der Waals surface area contributed by atoms with Crippen molar-refractivity contribution in [3.8, 4) is 0 Å². The number of thioether (sulfide) groups is 1. The molecule has 2 unspecified atom stereocenters. The molecule has 1 amide bonds. The Morgan fingerprint density at radius 3 is 3.18 bits per heavy atom. The van der Waals surface area contributed by atoms with E-state index in [1.54, 1.807) is 11.3 Å². The van der Waals surface area contributed by atoms with Gasteiger partial charge in [0, 0.05) is 22.9 Å². The van der Waals surface area contributed by atoms with Crippen molar-refractivity contribution >= 4 is 29.0 Å². The molecule has 0 spiro atoms. The first-order chi connectivity index (χ1) is 8.31. The monoisotopic (exact) mass is 270 g/mol. The molecule has 3 nitrogen and oxygen atoms in total. The minimum absolute atomic E-state index is 0.0252. The van der Waals surface area contributed by atoms with Gasteiger partial charge in [0.05, 0.1) is 12.1 Å². The number of thiophene rings is 1. The van der Waals surface area contributed by atoms with Crippen LogP contribution in [0, 0.1) is 0 Å². The van der Waals surface area contributed by atoms with Gasteiger partial charge < -0.3 is 10.6 Å². The normalized spacial score (nSPS) is 22.1. The Morgan fingerprint density at radius 2 is 2.59 bits per heavy atom. The van der Waals surface area contributed by atoms with E-state index in [0.29, 0.717) is 0 Å². The topological polar surface area (TPSA) is 41.1 Å². The van der Waals surface area contributed by atoms with Crippen LogP contribution in [0.1, 0.15) is 24.3 Å². The molecule has 0 saturated carbocycles. The Bertz CT molecular complexity index is 347. The molecule has 1 aliphatic rings. The van der Waals surface area contributed by atoms with Crippen molar-refractivity contribution in [3.05, 3.63) is 22.4 Å². The summed E-state index contributed by atoms with van der Waals surface area (Å²) in [4.78, 5) is 13.3. The van der Waals surface area contributed by atoms with Crippen molar-refractivity contribution in [2.75, 3.05) is 18.1 Å². The number of hydrogen-bond donors (Lipinski definition) is 2. The van der Waals surface area contributed by atoms with Crippen LogP contribution >= 0.6 is 23.1 Å². The largest absolute Gasteiger partial charge is 0.347 e. The van der Waals surface area contributed by atoms with Gasteiger partial charge >= 0.3 is 0 Å². The van der Waals surface area contributed by atoms with Crippen molar-refractivity contribution in [2.24, 2.45) is 0 Å². The van der Waals surface area contributed by atoms with E-state index in [0.717, 1.165) is 24.5 Å². The van der Waals surface area contributed by atoms with Gasteiger partial charge in [0.15, 0.2) is 0 Å². The first-order valence-electron chi connectivity index (χ1n) is 5.96. The minimum atomic E-state index is -0.0252. The van der Waals surface area contributed by atoms with Crippen LogP contribution in [0.2, 0.25) is 0 Å². The molecule has 0 aromatic carbocycles. The van der Waals surface area contributed by atoms with Crippen LogP contribution in [0.4, 0.5) is 0 Å². The Hall–Kier alpha value is -0.520. The quantitative estimate of drug-likeness (QED) is 0.879. The number of carbonyl (C=O) groups is 1. The van der Waals surface area contributed by atoms with Gasteiger partial charge in [0.1, 0.15) is 0 Å². The van der Waals surface area contributed by atoms with E-state index in [2.05, 4.69) is 29.0 Å². The van der Waals surface area contributed by atoms with Crippen LogP contribution in [-0.4, -0.2) is 30.0 Å². The second-order valence-electron chi connectivity index (χ2n) is 4.07. The molecule has 94 valence electrons. The lowest BCUT2D eigenvalue weighted by molar-refractivity contribution is -0.123. The van der Waals surface area contributed by atoms with Gasteiger partial charge in [-0.3, -0.25) is 4.79 Å². The minimum Gasteiger partial charge on any atom is -0.347 e. The van der Waals surface area contributed by atoms with Gasteiger partial charge in [0.2, 0.25) is 5.91 Å². The molecule has 0 bridgehead atoms. The summed E-state index contributed by atoms with van der Waals surface area (Å²) < 4.78 is 0. The van der Waals surface area contributed by atoms with E-state index in [1.165, 1.54) is 4.88 Å². The standard InChI is InChI=1S/C12H18N2OS2/c1-2-9(11-4-3-6-17-11)14-12(15)10-8-16-7-5-13-10/h3-4,6,9-10,13H,2,5,7-8H2,1H3,(H,14,15). The highest BCUT2D eigenvalue weighted by Crippen LogP contribution is 2.22. The predicted octanol–water partition coefficient (Wildman–Crippen LogP) is 2.02. The summed E-state index contributed by atoms with van der Waals surface area (Å²) in [6.07, 6.45) is 0.937. The Labute approximate surface area is 110 Å². The summed E-state index contributed by atoms with van der Waals surface area (Å²) in [6, 6.07) is 4.25. The second kappa shape index (κ2) is 6.42. The lowest BCUT2D eigenvalue weighted by Gasteiger charge is -2.24. The average Bonchev–Trinajstić information content (AvgIpc) is 2.90. The Kier molecular flexibility index (Phi) is 4.88. The zero-order valence-corrected chi connectivity index (χ0v) is 11.6. The second-order valence-corrected chi connectivity index (χ2v) is 6.20. The van der Waals surface area contributed by atoms with Crippen LogP contribution < -0.4 is 10.6 Å². The highest BCUT2D eigenvalue weighted by Gasteiger charge is 2.23. The number of rotatable bonds is 4. The summed E-state index contributed by atoms with van der Waals surface area (Å²) >= 11 is 3.55. The third-order valence-corrected chi connectivity index (χ3v) is 4.90. The van der Waals surface area contributed by atoms with Crippen LogP contribution in [0.25, 0.3) is 0 Å². The zero-order valence-electron chi connectivity index (χ0n) is 9.94. The van der Waals surface area contributed by atoms with Crippen molar-refractivity contribution in [1.82, 2.24) is 10.6 Å². The molecule has 2 rings (SSSR count). The van der Waals surface area contributed by atoms with E-state index in [1.807, 2.05) is 17.8 Å². The van der Waals surface area contributed by atoms with E-state index in [4.69, 9.17) is 0 Å². The molecule has 0 aliphatic carbocycles. The molecule has 17 heavy (non-hydrogen) atoms. The van der Waals surface area contributed by atoms with Crippen LogP contribution in [0.5, 0.6) is 0 Å². The first-order valence-corrected chi connectivity index (χ1v) is 7.99. The van der Waals surface area contributed by atoms with Gasteiger partial charge in [0.25, 0.3) is 0 Å². The Balaban J connectivity index is 1.92. The van der Waals surface area contributed by atoms with Crippen molar-refractivity contribution < 1.29 is 4.79 Å². The molecule has 2 atom stereocenters. The molecule has 0 radical (unpaired) electrons. The maximum absolute atomic E-state index is 12.1. The highest BCUT2D eigenvalue weighted by atomic mass is 32.2. The maximum atomic E-state index is 12.1. The van der Waals surface area contributed by atoms with Crippen molar-refractivity contribution in [2.45, 2.75) is 25.4 Å². The lowest BCUT2D eigenvalue weighted by atomic mass is 10.1.